The molecule has 0 unspecified atom stereocenters. The van der Waals surface area contributed by atoms with Crippen molar-refractivity contribution in [1.29, 1.82) is 0 Å². The van der Waals surface area contributed by atoms with Crippen LogP contribution in [-0.4, -0.2) is 82.2 Å². The third kappa shape index (κ3) is 7.27. The van der Waals surface area contributed by atoms with Crippen LogP contribution >= 0.6 is 0 Å². The molecule has 5 rings (SSSR count). The Balaban J connectivity index is 1.31. The molecule has 10 heteroatoms. The number of piperidine rings is 2. The number of methoxy groups -OCH3 is 3. The quantitative estimate of drug-likeness (QED) is 0.340. The summed E-state index contributed by atoms with van der Waals surface area (Å²) in [6.07, 6.45) is 8.51. The summed E-state index contributed by atoms with van der Waals surface area (Å²) in [6.45, 7) is 5.18. The van der Waals surface area contributed by atoms with Crippen LogP contribution < -0.4 is 30.3 Å². The zero-order valence-electron chi connectivity index (χ0n) is 28.1. The van der Waals surface area contributed by atoms with E-state index in [1.807, 2.05) is 24.1 Å². The number of nitrogens with one attached hydrogen (secondary N) is 2. The third-order valence-electron chi connectivity index (χ3n) is 9.96. The number of hydrogen-bond donors (Lipinski definition) is 2. The summed E-state index contributed by atoms with van der Waals surface area (Å²) in [5.74, 6) is 2.06. The molecule has 0 saturated carbocycles. The number of carbonyl (C=O) groups excluding carboxylic acids is 2. The van der Waals surface area contributed by atoms with Crippen molar-refractivity contribution in [1.82, 2.24) is 15.1 Å². The van der Waals surface area contributed by atoms with Crippen molar-refractivity contribution in [2.45, 2.75) is 76.8 Å². The van der Waals surface area contributed by atoms with E-state index < -0.39 is 0 Å². The van der Waals surface area contributed by atoms with Crippen LogP contribution in [0.2, 0.25) is 0 Å². The summed E-state index contributed by atoms with van der Waals surface area (Å²) in [5, 5.41) is 6.32. The lowest BCUT2D eigenvalue weighted by Crippen LogP contribution is -2.51. The average molecular weight is 635 g/mol. The summed E-state index contributed by atoms with van der Waals surface area (Å²) in [5.41, 5.74) is 3.54. The van der Waals surface area contributed by atoms with Gasteiger partial charge in [0.2, 0.25) is 23.0 Å². The molecule has 46 heavy (non-hydrogen) atoms. The van der Waals surface area contributed by atoms with Gasteiger partial charge in [-0.25, -0.2) is 0 Å². The summed E-state index contributed by atoms with van der Waals surface area (Å²) in [4.78, 5) is 43.4. The second-order valence-electron chi connectivity index (χ2n) is 12.9. The van der Waals surface area contributed by atoms with Gasteiger partial charge in [0.25, 0.3) is 0 Å². The molecule has 2 aromatic rings. The van der Waals surface area contributed by atoms with Crippen LogP contribution in [0.3, 0.4) is 0 Å². The third-order valence-corrected chi connectivity index (χ3v) is 9.96. The molecule has 2 aromatic carbocycles. The highest BCUT2D eigenvalue weighted by atomic mass is 16.5. The second kappa shape index (κ2) is 15.2. The van der Waals surface area contributed by atoms with Crippen molar-refractivity contribution in [3.05, 3.63) is 45.6 Å². The van der Waals surface area contributed by atoms with Crippen molar-refractivity contribution < 1.29 is 23.8 Å². The topological polar surface area (TPSA) is 109 Å². The normalized spacial score (nSPS) is 20.7. The maximum absolute atomic E-state index is 13.6. The van der Waals surface area contributed by atoms with Crippen molar-refractivity contribution >= 4 is 17.5 Å². The highest BCUT2D eigenvalue weighted by Crippen LogP contribution is 2.50. The van der Waals surface area contributed by atoms with Crippen LogP contribution in [0.15, 0.2) is 29.1 Å². The number of rotatable bonds is 11. The molecule has 10 nitrogen and oxygen atoms in total. The van der Waals surface area contributed by atoms with Gasteiger partial charge in [-0.15, -0.1) is 0 Å². The summed E-state index contributed by atoms with van der Waals surface area (Å²) in [6, 6.07) is 7.49. The predicted octanol–water partition coefficient (Wildman–Crippen LogP) is 4.78. The molecule has 0 bridgehead atoms. The average Bonchev–Trinajstić information content (AvgIpc) is 3.30. The van der Waals surface area contributed by atoms with Gasteiger partial charge in [-0.1, -0.05) is 12.5 Å². The van der Waals surface area contributed by atoms with E-state index in [4.69, 9.17) is 14.2 Å². The van der Waals surface area contributed by atoms with Crippen molar-refractivity contribution in [3.8, 4) is 28.4 Å². The van der Waals surface area contributed by atoms with Crippen molar-refractivity contribution in [3.63, 3.8) is 0 Å². The summed E-state index contributed by atoms with van der Waals surface area (Å²) < 4.78 is 17.2. The number of nitrogens with zero attached hydrogens (tertiary/aromatic N) is 2. The Labute approximate surface area is 272 Å². The summed E-state index contributed by atoms with van der Waals surface area (Å²) >= 11 is 0. The fraction of sp³-hybridized carbons (Fsp3) is 0.583. The molecule has 2 aliphatic heterocycles. The van der Waals surface area contributed by atoms with Gasteiger partial charge in [0.15, 0.2) is 11.5 Å². The molecule has 250 valence electrons. The molecule has 3 aliphatic rings. The van der Waals surface area contributed by atoms with E-state index in [1.165, 1.54) is 52.1 Å². The molecule has 0 aromatic heterocycles. The van der Waals surface area contributed by atoms with Crippen LogP contribution in [0.25, 0.3) is 11.1 Å². The lowest BCUT2D eigenvalue weighted by Gasteiger charge is -2.45. The van der Waals surface area contributed by atoms with E-state index in [0.29, 0.717) is 72.7 Å². The number of anilines is 1. The Kier molecular flexibility index (Phi) is 11.1. The molecule has 0 spiro atoms. The zero-order chi connectivity index (χ0) is 32.8. The van der Waals surface area contributed by atoms with Crippen LogP contribution in [0.4, 0.5) is 5.69 Å². The van der Waals surface area contributed by atoms with Gasteiger partial charge in [-0.05, 0) is 98.8 Å². The first-order chi connectivity index (χ1) is 22.2. The first kappa shape index (κ1) is 33.6. The van der Waals surface area contributed by atoms with Gasteiger partial charge in [0.1, 0.15) is 0 Å². The number of aryl methyl sites for hydroxylation is 1. The fourth-order valence-electron chi connectivity index (χ4n) is 7.75. The van der Waals surface area contributed by atoms with Gasteiger partial charge in [-0.2, -0.15) is 0 Å². The van der Waals surface area contributed by atoms with E-state index in [2.05, 4.69) is 15.5 Å². The maximum Gasteiger partial charge on any atom is 0.222 e. The molecular formula is C36H50N4O6. The van der Waals surface area contributed by atoms with Crippen LogP contribution in [0.5, 0.6) is 17.2 Å². The molecule has 0 radical (unpaired) electrons. The monoisotopic (exact) mass is 634 g/mol. The maximum atomic E-state index is 13.6. The van der Waals surface area contributed by atoms with Crippen molar-refractivity contribution in [2.24, 2.45) is 5.92 Å². The van der Waals surface area contributed by atoms with Crippen molar-refractivity contribution in [2.75, 3.05) is 59.9 Å². The van der Waals surface area contributed by atoms with Crippen LogP contribution in [0, 0.1) is 5.92 Å². The molecule has 1 aliphatic carbocycles. The van der Waals surface area contributed by atoms with Crippen LogP contribution in [0.1, 0.15) is 75.5 Å². The van der Waals surface area contributed by atoms with E-state index in [9.17, 15) is 14.4 Å². The highest BCUT2D eigenvalue weighted by molar-refractivity contribution is 5.84. The van der Waals surface area contributed by atoms with Gasteiger partial charge in [0, 0.05) is 45.1 Å². The van der Waals surface area contributed by atoms with Gasteiger partial charge in [-0.3, -0.25) is 14.4 Å². The van der Waals surface area contributed by atoms with Crippen LogP contribution in [-0.2, 0) is 16.0 Å². The second-order valence-corrected chi connectivity index (χ2v) is 12.9. The number of fused-ring (bicyclic) bond motifs is 4. The Hall–Kier alpha value is -3.79. The minimum atomic E-state index is -0.368. The van der Waals surface area contributed by atoms with Gasteiger partial charge in [0.05, 0.1) is 33.1 Å². The molecule has 3 atom stereocenters. The largest absolute Gasteiger partial charge is 0.493 e. The Morgan fingerprint density at radius 2 is 1.76 bits per heavy atom. The van der Waals surface area contributed by atoms with E-state index >= 15 is 0 Å². The number of amides is 2. The standard InChI is InChI=1S/C36H50N4O6/c1-23(41)38-28-15-13-24-20-32(44-3)35(45-4)36(46-5)34(24)26-14-16-29(31(42)21-27(26)28)37-17-8-12-33(43)39(2)22-25-10-9-19-40-18-7-6-11-30(25)40/h14,16,20-21,25,28,30H,6-13,15,17-19,22H2,1-5H3,(H,37,42)(H,38,41)/t25-,28-,30+/m0/s1. The lowest BCUT2D eigenvalue weighted by molar-refractivity contribution is -0.131. The molecule has 2 amide bonds. The molecule has 2 N–H and O–H groups in total. The first-order valence-electron chi connectivity index (χ1n) is 16.7. The molecule has 2 fully saturated rings. The van der Waals surface area contributed by atoms with E-state index in [0.717, 1.165) is 23.2 Å². The Morgan fingerprint density at radius 1 is 0.978 bits per heavy atom. The molecule has 2 saturated heterocycles. The Bertz CT molecular complexity index is 1480. The smallest absolute Gasteiger partial charge is 0.222 e. The van der Waals surface area contributed by atoms with Gasteiger partial charge >= 0.3 is 0 Å². The number of carbonyl (C=O) groups is 2. The molecular weight excluding hydrogens is 584 g/mol. The SMILES string of the molecule is COc1cc2c(c(OC)c1OC)-c1ccc(NCCCC(=O)N(C)C[C@@H]3CCCN4CCCC[C@H]34)c(=O)cc1[C@@H](NC(C)=O)CC2. The molecule has 2 heterocycles. The highest BCUT2D eigenvalue weighted by Gasteiger charge is 2.34. The minimum absolute atomic E-state index is 0.147. The zero-order valence-corrected chi connectivity index (χ0v) is 28.1. The van der Waals surface area contributed by atoms with E-state index in [1.54, 1.807) is 33.5 Å². The van der Waals surface area contributed by atoms with E-state index in [-0.39, 0.29) is 23.3 Å². The summed E-state index contributed by atoms with van der Waals surface area (Å²) in [7, 11) is 6.67. The first-order valence-corrected chi connectivity index (χ1v) is 16.7. The number of benzene rings is 1. The number of ether oxygens (including phenoxy) is 3. The van der Waals surface area contributed by atoms with Gasteiger partial charge < -0.3 is 34.6 Å². The minimum Gasteiger partial charge on any atom is -0.493 e. The Morgan fingerprint density at radius 3 is 2.50 bits per heavy atom. The fourth-order valence-corrected chi connectivity index (χ4v) is 7.75. The predicted molar refractivity (Wildman–Crippen MR) is 180 cm³/mol. The lowest BCUT2D eigenvalue weighted by atomic mass is 9.83. The number of hydrogen-bond acceptors (Lipinski definition) is 8.